The van der Waals surface area contributed by atoms with E-state index in [0.29, 0.717) is 22.2 Å². The summed E-state index contributed by atoms with van der Waals surface area (Å²) in [4.78, 5) is 15.9. The molecule has 0 radical (unpaired) electrons. The van der Waals surface area contributed by atoms with Gasteiger partial charge in [0.25, 0.3) is 5.91 Å². The molecule has 20 heavy (non-hydrogen) atoms. The number of aromatic nitrogens is 2. The monoisotopic (exact) mass is 311 g/mol. The normalized spacial score (nSPS) is 10.5. The molecule has 0 unspecified atom stereocenters. The van der Waals surface area contributed by atoms with Crippen LogP contribution in [0.3, 0.4) is 0 Å². The third-order valence-corrected chi connectivity index (χ3v) is 3.41. The Morgan fingerprint density at radius 2 is 2.15 bits per heavy atom. The first-order valence-corrected chi connectivity index (χ1v) is 7.11. The van der Waals surface area contributed by atoms with Gasteiger partial charge in [0.2, 0.25) is 0 Å². The van der Waals surface area contributed by atoms with Crippen LogP contribution >= 0.6 is 23.2 Å². The maximum atomic E-state index is 11.9. The molecule has 2 aromatic rings. The van der Waals surface area contributed by atoms with Gasteiger partial charge in [-0.15, -0.1) is 0 Å². The second kappa shape index (κ2) is 7.31. The smallest absolute Gasteiger partial charge is 0.252 e. The predicted octanol–water partition coefficient (Wildman–Crippen LogP) is 3.40. The van der Waals surface area contributed by atoms with Gasteiger partial charge in [-0.3, -0.25) is 4.79 Å². The van der Waals surface area contributed by atoms with E-state index in [1.807, 2.05) is 10.8 Å². The molecule has 0 saturated carbocycles. The van der Waals surface area contributed by atoms with Gasteiger partial charge in [0.1, 0.15) is 0 Å². The van der Waals surface area contributed by atoms with Crippen molar-refractivity contribution >= 4 is 29.1 Å². The van der Waals surface area contributed by atoms with Crippen molar-refractivity contribution in [2.45, 2.75) is 19.4 Å². The zero-order valence-corrected chi connectivity index (χ0v) is 12.4. The van der Waals surface area contributed by atoms with Crippen molar-refractivity contribution in [3.63, 3.8) is 0 Å². The molecule has 1 aromatic carbocycles. The van der Waals surface area contributed by atoms with Crippen LogP contribution in [0.2, 0.25) is 10.0 Å². The van der Waals surface area contributed by atoms with E-state index < -0.39 is 0 Å². The summed E-state index contributed by atoms with van der Waals surface area (Å²) in [7, 11) is 0. The number of unbranched alkanes of at least 4 members (excludes halogenated alkanes) is 1. The van der Waals surface area contributed by atoms with E-state index >= 15 is 0 Å². The van der Waals surface area contributed by atoms with Crippen molar-refractivity contribution in [2.75, 3.05) is 6.54 Å². The lowest BCUT2D eigenvalue weighted by molar-refractivity contribution is 0.0953. The fourth-order valence-electron chi connectivity index (χ4n) is 1.81. The van der Waals surface area contributed by atoms with Gasteiger partial charge in [0, 0.05) is 30.5 Å². The lowest BCUT2D eigenvalue weighted by Gasteiger charge is -2.07. The van der Waals surface area contributed by atoms with E-state index in [-0.39, 0.29) is 5.91 Å². The Balaban J connectivity index is 1.72. The number of hydrogen-bond donors (Lipinski definition) is 1. The van der Waals surface area contributed by atoms with Gasteiger partial charge in [-0.1, -0.05) is 23.2 Å². The van der Waals surface area contributed by atoms with Crippen LogP contribution in [-0.2, 0) is 6.54 Å². The summed E-state index contributed by atoms with van der Waals surface area (Å²) in [5.41, 5.74) is 0.450. The number of carbonyl (C=O) groups is 1. The molecule has 0 saturated heterocycles. The van der Waals surface area contributed by atoms with Crippen LogP contribution in [0.25, 0.3) is 0 Å². The van der Waals surface area contributed by atoms with Crippen LogP contribution in [0, 0.1) is 0 Å². The maximum Gasteiger partial charge on any atom is 0.252 e. The topological polar surface area (TPSA) is 46.9 Å². The van der Waals surface area contributed by atoms with Gasteiger partial charge < -0.3 is 9.88 Å². The molecule has 1 N–H and O–H groups in total. The number of nitrogens with one attached hydrogen (secondary N) is 1. The minimum atomic E-state index is -0.172. The molecule has 0 aliphatic carbocycles. The minimum absolute atomic E-state index is 0.172. The van der Waals surface area contributed by atoms with Crippen molar-refractivity contribution in [1.82, 2.24) is 14.9 Å². The van der Waals surface area contributed by atoms with Gasteiger partial charge in [-0.25, -0.2) is 4.98 Å². The van der Waals surface area contributed by atoms with E-state index in [1.54, 1.807) is 30.7 Å². The van der Waals surface area contributed by atoms with Gasteiger partial charge in [0.05, 0.1) is 16.9 Å². The number of hydrogen-bond acceptors (Lipinski definition) is 2. The van der Waals surface area contributed by atoms with E-state index in [0.717, 1.165) is 19.4 Å². The summed E-state index contributed by atoms with van der Waals surface area (Å²) in [5, 5.41) is 3.74. The van der Waals surface area contributed by atoms with E-state index in [2.05, 4.69) is 10.3 Å². The highest BCUT2D eigenvalue weighted by Gasteiger charge is 2.09. The van der Waals surface area contributed by atoms with Crippen LogP contribution in [0.4, 0.5) is 0 Å². The van der Waals surface area contributed by atoms with Crippen molar-refractivity contribution in [3.8, 4) is 0 Å². The fourth-order valence-corrected chi connectivity index (χ4v) is 2.30. The molecule has 0 fully saturated rings. The first-order valence-electron chi connectivity index (χ1n) is 6.36. The largest absolute Gasteiger partial charge is 0.352 e. The third-order valence-electron chi connectivity index (χ3n) is 2.86. The van der Waals surface area contributed by atoms with Gasteiger partial charge in [0.15, 0.2) is 0 Å². The minimum Gasteiger partial charge on any atom is -0.352 e. The Morgan fingerprint density at radius 3 is 2.85 bits per heavy atom. The Hall–Kier alpha value is -1.52. The van der Waals surface area contributed by atoms with Gasteiger partial charge >= 0.3 is 0 Å². The number of halogens is 2. The van der Waals surface area contributed by atoms with Crippen molar-refractivity contribution in [2.24, 2.45) is 0 Å². The van der Waals surface area contributed by atoms with Gasteiger partial charge in [-0.05, 0) is 31.0 Å². The molecule has 106 valence electrons. The summed E-state index contributed by atoms with van der Waals surface area (Å²) < 4.78 is 2.01. The highest BCUT2D eigenvalue weighted by atomic mass is 35.5. The molecular weight excluding hydrogens is 297 g/mol. The Bertz CT molecular complexity index is 570. The average Bonchev–Trinajstić information content (AvgIpc) is 2.91. The predicted molar refractivity (Wildman–Crippen MR) is 80.3 cm³/mol. The molecule has 6 heteroatoms. The molecule has 0 aliphatic heterocycles. The van der Waals surface area contributed by atoms with Crippen molar-refractivity contribution < 1.29 is 4.79 Å². The van der Waals surface area contributed by atoms with Crippen LogP contribution < -0.4 is 5.32 Å². The number of imidazole rings is 1. The molecule has 0 bridgehead atoms. The first-order chi connectivity index (χ1) is 9.66. The van der Waals surface area contributed by atoms with E-state index in [4.69, 9.17) is 23.2 Å². The molecule has 1 amide bonds. The summed E-state index contributed by atoms with van der Waals surface area (Å²) in [6.45, 7) is 1.52. The summed E-state index contributed by atoms with van der Waals surface area (Å²) in [5.74, 6) is -0.172. The Kier molecular flexibility index (Phi) is 5.44. The van der Waals surface area contributed by atoms with Crippen LogP contribution in [0.5, 0.6) is 0 Å². The second-order valence-electron chi connectivity index (χ2n) is 4.39. The van der Waals surface area contributed by atoms with Crippen molar-refractivity contribution in [3.05, 3.63) is 52.5 Å². The molecule has 4 nitrogen and oxygen atoms in total. The lowest BCUT2D eigenvalue weighted by Crippen LogP contribution is -2.24. The number of carbonyl (C=O) groups excluding carboxylic acids is 1. The summed E-state index contributed by atoms with van der Waals surface area (Å²) in [6.07, 6.45) is 7.34. The zero-order valence-electron chi connectivity index (χ0n) is 10.9. The molecule has 1 aromatic heterocycles. The number of nitrogens with zero attached hydrogens (tertiary/aromatic N) is 2. The second-order valence-corrected chi connectivity index (χ2v) is 5.23. The third kappa shape index (κ3) is 4.25. The van der Waals surface area contributed by atoms with Crippen LogP contribution in [0.1, 0.15) is 23.2 Å². The number of amides is 1. The Labute approximate surface area is 127 Å². The van der Waals surface area contributed by atoms with Crippen molar-refractivity contribution in [1.29, 1.82) is 0 Å². The zero-order chi connectivity index (χ0) is 14.4. The molecule has 0 atom stereocenters. The van der Waals surface area contributed by atoms with Crippen LogP contribution in [-0.4, -0.2) is 22.0 Å². The average molecular weight is 312 g/mol. The number of rotatable bonds is 6. The van der Waals surface area contributed by atoms with E-state index in [9.17, 15) is 4.79 Å². The molecule has 1 heterocycles. The molecule has 2 rings (SSSR count). The lowest BCUT2D eigenvalue weighted by atomic mass is 10.2. The first kappa shape index (κ1) is 14.9. The standard InChI is InChI=1S/C14H15Cl2N3O/c15-11-3-4-12(13(16)9-11)14(20)18-5-1-2-7-19-8-6-17-10-19/h3-4,6,8-10H,1-2,5,7H2,(H,18,20). The fraction of sp³-hybridized carbons (Fsp3) is 0.286. The molecule has 0 spiro atoms. The summed E-state index contributed by atoms with van der Waals surface area (Å²) in [6, 6.07) is 4.85. The molecule has 0 aliphatic rings. The maximum absolute atomic E-state index is 11.9. The van der Waals surface area contributed by atoms with Crippen LogP contribution in [0.15, 0.2) is 36.9 Å². The number of benzene rings is 1. The highest BCUT2D eigenvalue weighted by Crippen LogP contribution is 2.20. The number of aryl methyl sites for hydroxylation is 1. The van der Waals surface area contributed by atoms with E-state index in [1.165, 1.54) is 0 Å². The van der Waals surface area contributed by atoms with Gasteiger partial charge in [-0.2, -0.15) is 0 Å². The Morgan fingerprint density at radius 1 is 1.30 bits per heavy atom. The quantitative estimate of drug-likeness (QED) is 0.831. The summed E-state index contributed by atoms with van der Waals surface area (Å²) >= 11 is 11.8. The SMILES string of the molecule is O=C(NCCCCn1ccnc1)c1ccc(Cl)cc1Cl. The molecular formula is C14H15Cl2N3O. The highest BCUT2D eigenvalue weighted by molar-refractivity contribution is 6.36.